The van der Waals surface area contributed by atoms with Crippen LogP contribution in [0.5, 0.6) is 11.5 Å². The predicted molar refractivity (Wildman–Crippen MR) is 87.2 cm³/mol. The summed E-state index contributed by atoms with van der Waals surface area (Å²) in [6.45, 7) is 1.84. The van der Waals surface area contributed by atoms with Gasteiger partial charge in [-0.15, -0.1) is 11.3 Å². The summed E-state index contributed by atoms with van der Waals surface area (Å²) in [4.78, 5) is 15.7. The van der Waals surface area contributed by atoms with Gasteiger partial charge in [-0.2, -0.15) is 0 Å². The molecule has 0 saturated carbocycles. The number of H-pyrrole nitrogens is 1. The third-order valence-electron chi connectivity index (χ3n) is 2.88. The van der Waals surface area contributed by atoms with Crippen molar-refractivity contribution in [3.8, 4) is 11.5 Å². The fourth-order valence-corrected chi connectivity index (χ4v) is 3.01. The normalized spacial score (nSPS) is 10.8. The molecule has 0 saturated heterocycles. The zero-order valence-electron chi connectivity index (χ0n) is 11.9. The molecular weight excluding hydrogens is 306 g/mol. The van der Waals surface area contributed by atoms with Gasteiger partial charge in [0.2, 0.25) is 0 Å². The number of hydrogen-bond acceptors (Lipinski definition) is 5. The molecule has 6 heteroatoms. The highest BCUT2D eigenvalue weighted by molar-refractivity contribution is 7.73. The SMILES string of the molecule is COc1ccc(/C=C/C(=O)c2sc(=S)[nH]c2C)cc1OC. The number of carbonyl (C=O) groups excluding carboxylic acids is 1. The molecule has 1 aromatic carbocycles. The van der Waals surface area contributed by atoms with Crippen LogP contribution in [-0.2, 0) is 0 Å². The van der Waals surface area contributed by atoms with E-state index in [2.05, 4.69) is 4.98 Å². The number of carbonyl (C=O) groups is 1. The third-order valence-corrected chi connectivity index (χ3v) is 4.23. The highest BCUT2D eigenvalue weighted by Crippen LogP contribution is 2.28. The van der Waals surface area contributed by atoms with Crippen molar-refractivity contribution in [2.24, 2.45) is 0 Å². The van der Waals surface area contributed by atoms with Crippen molar-refractivity contribution in [2.75, 3.05) is 14.2 Å². The van der Waals surface area contributed by atoms with Crippen LogP contribution in [0.25, 0.3) is 6.08 Å². The Bertz CT molecular complexity index is 744. The maximum Gasteiger partial charge on any atom is 0.197 e. The lowest BCUT2D eigenvalue weighted by molar-refractivity contribution is 0.105. The Morgan fingerprint density at radius 2 is 2.00 bits per heavy atom. The largest absolute Gasteiger partial charge is 0.493 e. The molecule has 0 spiro atoms. The molecule has 1 heterocycles. The number of methoxy groups -OCH3 is 2. The van der Waals surface area contributed by atoms with Crippen molar-refractivity contribution in [3.05, 3.63) is 44.4 Å². The van der Waals surface area contributed by atoms with E-state index in [1.54, 1.807) is 26.4 Å². The molecule has 2 aromatic rings. The van der Waals surface area contributed by atoms with Gasteiger partial charge in [-0.3, -0.25) is 4.79 Å². The molecule has 0 aliphatic carbocycles. The van der Waals surface area contributed by atoms with Gasteiger partial charge in [-0.25, -0.2) is 0 Å². The molecular formula is C15H15NO3S2. The maximum absolute atomic E-state index is 12.1. The van der Waals surface area contributed by atoms with Crippen LogP contribution in [-0.4, -0.2) is 25.0 Å². The average molecular weight is 321 g/mol. The van der Waals surface area contributed by atoms with Gasteiger partial charge in [0, 0.05) is 5.69 Å². The summed E-state index contributed by atoms with van der Waals surface area (Å²) in [5, 5.41) is 0. The Morgan fingerprint density at radius 3 is 2.57 bits per heavy atom. The van der Waals surface area contributed by atoms with E-state index in [0.717, 1.165) is 11.3 Å². The first-order valence-corrected chi connectivity index (χ1v) is 7.41. The maximum atomic E-state index is 12.1. The zero-order valence-corrected chi connectivity index (χ0v) is 13.6. The second-order valence-corrected chi connectivity index (χ2v) is 5.97. The standard InChI is InChI=1S/C15H15NO3S2/c1-9-14(21-15(20)16-9)11(17)6-4-10-5-7-12(18-2)13(8-10)19-3/h4-8H,1-3H3,(H,16,20)/b6-4+. The number of ether oxygens (including phenoxy) is 2. The lowest BCUT2D eigenvalue weighted by atomic mass is 10.1. The summed E-state index contributed by atoms with van der Waals surface area (Å²) in [6.07, 6.45) is 3.27. The van der Waals surface area contributed by atoms with Gasteiger partial charge in [-0.1, -0.05) is 12.1 Å². The van der Waals surface area contributed by atoms with Crippen LogP contribution in [0, 0.1) is 10.9 Å². The Hall–Kier alpha value is -1.92. The number of allylic oxidation sites excluding steroid dienone is 1. The first-order valence-electron chi connectivity index (χ1n) is 6.19. The molecule has 4 nitrogen and oxygen atoms in total. The van der Waals surface area contributed by atoms with Crippen molar-refractivity contribution in [2.45, 2.75) is 6.92 Å². The van der Waals surface area contributed by atoms with E-state index in [4.69, 9.17) is 21.7 Å². The van der Waals surface area contributed by atoms with E-state index in [1.165, 1.54) is 17.4 Å². The van der Waals surface area contributed by atoms with Gasteiger partial charge in [0.25, 0.3) is 0 Å². The van der Waals surface area contributed by atoms with Gasteiger partial charge in [0.15, 0.2) is 21.2 Å². The zero-order chi connectivity index (χ0) is 15.4. The number of aromatic nitrogens is 1. The smallest absolute Gasteiger partial charge is 0.197 e. The van der Waals surface area contributed by atoms with E-state index in [1.807, 2.05) is 19.1 Å². The molecule has 1 N–H and O–H groups in total. The molecule has 0 bridgehead atoms. The first kappa shape index (κ1) is 15.5. The van der Waals surface area contributed by atoms with Crippen LogP contribution >= 0.6 is 23.6 Å². The quantitative estimate of drug-likeness (QED) is 0.513. The Labute approximate surface area is 132 Å². The molecule has 0 atom stereocenters. The topological polar surface area (TPSA) is 51.3 Å². The molecule has 0 aliphatic rings. The second-order valence-electron chi connectivity index (χ2n) is 4.28. The number of rotatable bonds is 5. The van der Waals surface area contributed by atoms with E-state index < -0.39 is 0 Å². The number of ketones is 1. The molecule has 1 aromatic heterocycles. The van der Waals surface area contributed by atoms with Gasteiger partial charge in [-0.05, 0) is 42.9 Å². The molecule has 0 aliphatic heterocycles. The predicted octanol–water partition coefficient (Wildman–Crippen LogP) is 4.03. The number of aryl methyl sites for hydroxylation is 1. The van der Waals surface area contributed by atoms with Crippen LogP contribution in [0.3, 0.4) is 0 Å². The van der Waals surface area contributed by atoms with E-state index >= 15 is 0 Å². The Kier molecular flexibility index (Phi) is 4.93. The Balaban J connectivity index is 2.23. The first-order chi connectivity index (χ1) is 10.0. The Morgan fingerprint density at radius 1 is 1.29 bits per heavy atom. The minimum Gasteiger partial charge on any atom is -0.493 e. The van der Waals surface area contributed by atoms with Crippen LogP contribution in [0.1, 0.15) is 20.9 Å². The fraction of sp³-hybridized carbons (Fsp3) is 0.200. The number of hydrogen-bond donors (Lipinski definition) is 1. The summed E-state index contributed by atoms with van der Waals surface area (Å²) in [5.74, 6) is 1.21. The second kappa shape index (κ2) is 6.69. The average Bonchev–Trinajstić information content (AvgIpc) is 2.83. The van der Waals surface area contributed by atoms with Crippen molar-refractivity contribution >= 4 is 35.4 Å². The highest BCUT2D eigenvalue weighted by atomic mass is 32.1. The monoisotopic (exact) mass is 321 g/mol. The van der Waals surface area contributed by atoms with Crippen molar-refractivity contribution < 1.29 is 14.3 Å². The number of thiazole rings is 1. The van der Waals surface area contributed by atoms with E-state index in [-0.39, 0.29) is 5.78 Å². The van der Waals surface area contributed by atoms with E-state index in [9.17, 15) is 4.79 Å². The van der Waals surface area contributed by atoms with Gasteiger partial charge in [0.05, 0.1) is 19.1 Å². The van der Waals surface area contributed by atoms with Gasteiger partial charge in [0.1, 0.15) is 0 Å². The summed E-state index contributed by atoms with van der Waals surface area (Å²) >= 11 is 6.32. The van der Waals surface area contributed by atoms with E-state index in [0.29, 0.717) is 20.3 Å². The molecule has 110 valence electrons. The lowest BCUT2D eigenvalue weighted by Crippen LogP contribution is -1.93. The number of benzene rings is 1. The van der Waals surface area contributed by atoms with Crippen LogP contribution in [0.15, 0.2) is 24.3 Å². The van der Waals surface area contributed by atoms with Crippen molar-refractivity contribution in [1.29, 1.82) is 0 Å². The molecule has 0 amide bonds. The van der Waals surface area contributed by atoms with Crippen LogP contribution < -0.4 is 9.47 Å². The molecule has 0 unspecified atom stereocenters. The van der Waals surface area contributed by atoms with Crippen molar-refractivity contribution in [1.82, 2.24) is 4.98 Å². The van der Waals surface area contributed by atoms with Gasteiger partial charge < -0.3 is 14.5 Å². The molecule has 0 radical (unpaired) electrons. The number of nitrogens with one attached hydrogen (secondary N) is 1. The lowest BCUT2D eigenvalue weighted by Gasteiger charge is -2.07. The summed E-state index contributed by atoms with van der Waals surface area (Å²) in [5.41, 5.74) is 1.66. The molecule has 0 fully saturated rings. The number of aromatic amines is 1. The molecule has 21 heavy (non-hydrogen) atoms. The summed E-state index contributed by atoms with van der Waals surface area (Å²) in [7, 11) is 3.16. The van der Waals surface area contributed by atoms with Crippen LogP contribution in [0.2, 0.25) is 0 Å². The minimum atomic E-state index is -0.0698. The fourth-order valence-electron chi connectivity index (χ4n) is 1.84. The van der Waals surface area contributed by atoms with Crippen molar-refractivity contribution in [3.63, 3.8) is 0 Å². The highest BCUT2D eigenvalue weighted by Gasteiger charge is 2.09. The minimum absolute atomic E-state index is 0.0698. The van der Waals surface area contributed by atoms with Crippen LogP contribution in [0.4, 0.5) is 0 Å². The molecule has 2 rings (SSSR count). The third kappa shape index (κ3) is 3.59. The summed E-state index contributed by atoms with van der Waals surface area (Å²) < 4.78 is 11.0. The summed E-state index contributed by atoms with van der Waals surface area (Å²) in [6, 6.07) is 5.47. The van der Waals surface area contributed by atoms with Gasteiger partial charge >= 0.3 is 0 Å².